The van der Waals surface area contributed by atoms with E-state index in [0.29, 0.717) is 11.3 Å². The van der Waals surface area contributed by atoms with Gasteiger partial charge in [-0.25, -0.2) is 4.79 Å². The maximum atomic E-state index is 12.2. The first-order valence-electron chi connectivity index (χ1n) is 6.46. The van der Waals surface area contributed by atoms with E-state index in [1.54, 1.807) is 12.1 Å². The van der Waals surface area contributed by atoms with Crippen molar-refractivity contribution in [3.8, 4) is 6.07 Å². The van der Waals surface area contributed by atoms with Crippen LogP contribution in [-0.2, 0) is 0 Å². The molecule has 0 atom stereocenters. The van der Waals surface area contributed by atoms with E-state index in [4.69, 9.17) is 5.26 Å². The summed E-state index contributed by atoms with van der Waals surface area (Å²) in [7, 11) is 0. The maximum Gasteiger partial charge on any atom is 0.321 e. The summed E-state index contributed by atoms with van der Waals surface area (Å²) in [6.07, 6.45) is 4.48. The molecule has 1 heterocycles. The fourth-order valence-electron chi connectivity index (χ4n) is 2.19. The molecular formula is C14H16BrN3O. The van der Waals surface area contributed by atoms with E-state index >= 15 is 0 Å². The highest BCUT2D eigenvalue weighted by atomic mass is 79.9. The Morgan fingerprint density at radius 2 is 1.95 bits per heavy atom. The molecule has 1 fully saturated rings. The van der Waals surface area contributed by atoms with Gasteiger partial charge in [0.1, 0.15) is 6.07 Å². The monoisotopic (exact) mass is 321 g/mol. The number of rotatable bonds is 1. The van der Waals surface area contributed by atoms with Gasteiger partial charge >= 0.3 is 6.03 Å². The lowest BCUT2D eigenvalue weighted by Gasteiger charge is -2.21. The molecule has 0 saturated carbocycles. The standard InChI is InChI=1S/C14H16BrN3O/c15-12-5-6-13(11(9-12)10-16)17-14(19)18-7-3-1-2-4-8-18/h5-6,9H,1-4,7-8H2,(H,17,19). The molecule has 1 N–H and O–H groups in total. The van der Waals surface area contributed by atoms with E-state index in [1.807, 2.05) is 11.0 Å². The summed E-state index contributed by atoms with van der Waals surface area (Å²) in [5.41, 5.74) is 1.04. The highest BCUT2D eigenvalue weighted by Crippen LogP contribution is 2.21. The van der Waals surface area contributed by atoms with Crippen LogP contribution in [0.3, 0.4) is 0 Å². The van der Waals surface area contributed by atoms with Gasteiger partial charge in [0.2, 0.25) is 0 Å². The van der Waals surface area contributed by atoms with E-state index in [9.17, 15) is 4.79 Å². The zero-order valence-corrected chi connectivity index (χ0v) is 12.2. The van der Waals surface area contributed by atoms with Crippen molar-refractivity contribution in [3.63, 3.8) is 0 Å². The van der Waals surface area contributed by atoms with Crippen LogP contribution in [0.15, 0.2) is 22.7 Å². The van der Waals surface area contributed by atoms with Crippen LogP contribution in [0.25, 0.3) is 0 Å². The van der Waals surface area contributed by atoms with Crippen LogP contribution in [0.1, 0.15) is 31.2 Å². The Balaban J connectivity index is 2.08. The third kappa shape index (κ3) is 3.71. The van der Waals surface area contributed by atoms with Gasteiger partial charge in [-0.05, 0) is 31.0 Å². The second-order valence-corrected chi connectivity index (χ2v) is 5.55. The minimum absolute atomic E-state index is 0.110. The number of anilines is 1. The van der Waals surface area contributed by atoms with Crippen molar-refractivity contribution < 1.29 is 4.79 Å². The van der Waals surface area contributed by atoms with Crippen molar-refractivity contribution in [2.75, 3.05) is 18.4 Å². The normalized spacial score (nSPS) is 15.5. The van der Waals surface area contributed by atoms with Gasteiger partial charge in [0, 0.05) is 17.6 Å². The Bertz CT molecular complexity index is 502. The maximum absolute atomic E-state index is 12.2. The topological polar surface area (TPSA) is 56.1 Å². The average molecular weight is 322 g/mol. The number of nitriles is 1. The molecule has 0 aromatic heterocycles. The summed E-state index contributed by atoms with van der Waals surface area (Å²) in [6.45, 7) is 1.59. The second kappa shape index (κ2) is 6.58. The Kier molecular flexibility index (Phi) is 4.80. The van der Waals surface area contributed by atoms with Gasteiger partial charge in [0.15, 0.2) is 0 Å². The lowest BCUT2D eigenvalue weighted by atomic mass is 10.2. The van der Waals surface area contributed by atoms with Gasteiger partial charge in [-0.2, -0.15) is 5.26 Å². The van der Waals surface area contributed by atoms with E-state index in [2.05, 4.69) is 27.3 Å². The highest BCUT2D eigenvalue weighted by molar-refractivity contribution is 9.10. The van der Waals surface area contributed by atoms with Crippen molar-refractivity contribution in [2.24, 2.45) is 0 Å². The molecular weight excluding hydrogens is 306 g/mol. The number of halogens is 1. The number of benzene rings is 1. The van der Waals surface area contributed by atoms with Crippen LogP contribution < -0.4 is 5.32 Å². The van der Waals surface area contributed by atoms with Gasteiger partial charge in [-0.3, -0.25) is 0 Å². The number of hydrogen-bond donors (Lipinski definition) is 1. The molecule has 1 aromatic carbocycles. The largest absolute Gasteiger partial charge is 0.325 e. The zero-order valence-electron chi connectivity index (χ0n) is 10.7. The van der Waals surface area contributed by atoms with E-state index in [-0.39, 0.29) is 6.03 Å². The summed E-state index contributed by atoms with van der Waals surface area (Å²) < 4.78 is 0.830. The second-order valence-electron chi connectivity index (χ2n) is 4.63. The van der Waals surface area contributed by atoms with Crippen LogP contribution in [0.4, 0.5) is 10.5 Å². The molecule has 1 aromatic rings. The van der Waals surface area contributed by atoms with Gasteiger partial charge in [-0.15, -0.1) is 0 Å². The quantitative estimate of drug-likeness (QED) is 0.856. The predicted octanol–water partition coefficient (Wildman–Crippen LogP) is 3.73. The summed E-state index contributed by atoms with van der Waals surface area (Å²) in [5, 5.41) is 11.9. The molecule has 0 aliphatic carbocycles. The summed E-state index contributed by atoms with van der Waals surface area (Å²) in [5.74, 6) is 0. The van der Waals surface area contributed by atoms with Crippen LogP contribution in [0, 0.1) is 11.3 Å². The number of urea groups is 1. The number of nitrogens with one attached hydrogen (secondary N) is 1. The fraction of sp³-hybridized carbons (Fsp3) is 0.429. The molecule has 2 rings (SSSR count). The lowest BCUT2D eigenvalue weighted by molar-refractivity contribution is 0.214. The Labute approximate surface area is 121 Å². The first kappa shape index (κ1) is 13.9. The van der Waals surface area contributed by atoms with Crippen molar-refractivity contribution in [1.82, 2.24) is 4.90 Å². The van der Waals surface area contributed by atoms with Gasteiger partial charge in [-0.1, -0.05) is 28.8 Å². The summed E-state index contributed by atoms with van der Waals surface area (Å²) in [4.78, 5) is 14.0. The van der Waals surface area contributed by atoms with Crippen molar-refractivity contribution in [1.29, 1.82) is 5.26 Å². The third-order valence-electron chi connectivity index (χ3n) is 3.24. The smallest absolute Gasteiger partial charge is 0.321 e. The molecule has 4 nitrogen and oxygen atoms in total. The number of nitrogens with zero attached hydrogens (tertiary/aromatic N) is 2. The Morgan fingerprint density at radius 1 is 1.26 bits per heavy atom. The van der Waals surface area contributed by atoms with Crippen molar-refractivity contribution in [3.05, 3.63) is 28.2 Å². The minimum Gasteiger partial charge on any atom is -0.325 e. The lowest BCUT2D eigenvalue weighted by Crippen LogP contribution is -2.35. The summed E-state index contributed by atoms with van der Waals surface area (Å²) >= 11 is 3.32. The first-order valence-corrected chi connectivity index (χ1v) is 7.25. The molecule has 1 aliphatic heterocycles. The first-order chi connectivity index (χ1) is 9.20. The Hall–Kier alpha value is -1.54. The summed E-state index contributed by atoms with van der Waals surface area (Å²) in [6, 6.07) is 7.26. The van der Waals surface area contributed by atoms with Gasteiger partial charge in [0.05, 0.1) is 11.3 Å². The van der Waals surface area contributed by atoms with Crippen LogP contribution in [0.5, 0.6) is 0 Å². The molecule has 1 saturated heterocycles. The van der Waals surface area contributed by atoms with Gasteiger partial charge < -0.3 is 10.2 Å². The number of amides is 2. The number of hydrogen-bond acceptors (Lipinski definition) is 2. The van der Waals surface area contributed by atoms with E-state index in [1.165, 1.54) is 12.8 Å². The van der Waals surface area contributed by atoms with Crippen LogP contribution in [0.2, 0.25) is 0 Å². The van der Waals surface area contributed by atoms with E-state index in [0.717, 1.165) is 30.4 Å². The molecule has 0 unspecified atom stereocenters. The van der Waals surface area contributed by atoms with Crippen molar-refractivity contribution in [2.45, 2.75) is 25.7 Å². The highest BCUT2D eigenvalue weighted by Gasteiger charge is 2.16. The van der Waals surface area contributed by atoms with Crippen LogP contribution in [-0.4, -0.2) is 24.0 Å². The van der Waals surface area contributed by atoms with Gasteiger partial charge in [0.25, 0.3) is 0 Å². The molecule has 100 valence electrons. The molecule has 0 radical (unpaired) electrons. The average Bonchev–Trinajstić information content (AvgIpc) is 2.69. The van der Waals surface area contributed by atoms with E-state index < -0.39 is 0 Å². The van der Waals surface area contributed by atoms with Crippen LogP contribution >= 0.6 is 15.9 Å². The fourth-order valence-corrected chi connectivity index (χ4v) is 2.55. The molecule has 1 aliphatic rings. The molecule has 5 heteroatoms. The Morgan fingerprint density at radius 3 is 2.58 bits per heavy atom. The molecule has 19 heavy (non-hydrogen) atoms. The third-order valence-corrected chi connectivity index (χ3v) is 3.73. The number of carbonyl (C=O) groups excluding carboxylic acids is 1. The molecule has 0 spiro atoms. The number of carbonyl (C=O) groups is 1. The minimum atomic E-state index is -0.110. The molecule has 0 bridgehead atoms. The van der Waals surface area contributed by atoms with Crippen molar-refractivity contribution >= 4 is 27.6 Å². The molecule has 2 amide bonds. The number of likely N-dealkylation sites (tertiary alicyclic amines) is 1. The zero-order chi connectivity index (χ0) is 13.7. The predicted molar refractivity (Wildman–Crippen MR) is 77.9 cm³/mol. The SMILES string of the molecule is N#Cc1cc(Br)ccc1NC(=O)N1CCCCCC1.